The quantitative estimate of drug-likeness (QED) is 0.644. The molecule has 0 aromatic carbocycles. The summed E-state index contributed by atoms with van der Waals surface area (Å²) in [6.07, 6.45) is 5.19. The van der Waals surface area contributed by atoms with Crippen LogP contribution < -0.4 is 0 Å². The van der Waals surface area contributed by atoms with E-state index in [0.29, 0.717) is 0 Å². The molecule has 2 N–H and O–H groups in total. The predicted octanol–water partition coefficient (Wildman–Crippen LogP) is 1.25. The van der Waals surface area contributed by atoms with Crippen LogP contribution in [0.3, 0.4) is 0 Å². The minimum absolute atomic E-state index is 0.0487. The van der Waals surface area contributed by atoms with Crippen molar-refractivity contribution in [1.29, 1.82) is 0 Å². The molecule has 0 bridgehead atoms. The lowest BCUT2D eigenvalue weighted by Crippen LogP contribution is -2.51. The van der Waals surface area contributed by atoms with Crippen molar-refractivity contribution in [2.45, 2.75) is 25.0 Å². The van der Waals surface area contributed by atoms with Crippen LogP contribution in [0.1, 0.15) is 25.0 Å². The van der Waals surface area contributed by atoms with E-state index in [-0.39, 0.29) is 11.1 Å². The Morgan fingerprint density at radius 2 is 1.15 bits per heavy atom. The summed E-state index contributed by atoms with van der Waals surface area (Å²) in [7, 11) is -10.2. The molecule has 0 aliphatic rings. The smallest absolute Gasteiger partial charge is 0.264 e. The molecule has 142 valence electrons. The highest BCUT2D eigenvalue weighted by Gasteiger charge is 2.55. The molecule has 0 radical (unpaired) electrons. The van der Waals surface area contributed by atoms with Crippen LogP contribution in [0.2, 0.25) is 0 Å². The van der Waals surface area contributed by atoms with Crippen molar-refractivity contribution in [2.24, 2.45) is 0 Å². The van der Waals surface area contributed by atoms with Gasteiger partial charge in [-0.15, -0.1) is 0 Å². The Morgan fingerprint density at radius 1 is 0.808 bits per heavy atom. The summed E-state index contributed by atoms with van der Waals surface area (Å²) in [5.74, 6) is 0. The Hall–Kier alpha value is -1.96. The third kappa shape index (κ3) is 4.41. The molecule has 0 unspecified atom stereocenters. The van der Waals surface area contributed by atoms with Crippen molar-refractivity contribution in [3.05, 3.63) is 60.2 Å². The van der Waals surface area contributed by atoms with Gasteiger partial charge in [0.1, 0.15) is 11.2 Å². The van der Waals surface area contributed by atoms with Gasteiger partial charge in [-0.2, -0.15) is 16.8 Å². The average Bonchev–Trinajstić information content (AvgIpc) is 2.53. The zero-order chi connectivity index (χ0) is 19.6. The molecule has 2 rings (SSSR count). The van der Waals surface area contributed by atoms with Gasteiger partial charge in [0.25, 0.3) is 0 Å². The molecular formula is C14H16N2O8S2. The van der Waals surface area contributed by atoms with Crippen LogP contribution in [0.4, 0.5) is 0 Å². The van der Waals surface area contributed by atoms with Crippen LogP contribution in [-0.4, -0.2) is 35.9 Å². The topological polar surface area (TPSA) is 153 Å². The molecule has 0 fully saturated rings. The summed E-state index contributed by atoms with van der Waals surface area (Å²) in [6, 6.07) is 5.66. The molecule has 0 spiro atoms. The van der Waals surface area contributed by atoms with Crippen molar-refractivity contribution in [3.63, 3.8) is 0 Å². The normalized spacial score (nSPS) is 17.2. The lowest BCUT2D eigenvalue weighted by Gasteiger charge is -2.43. The van der Waals surface area contributed by atoms with E-state index in [1.165, 1.54) is 49.1 Å². The summed E-state index contributed by atoms with van der Waals surface area (Å²) in [6.45, 7) is 2.33. The highest BCUT2D eigenvalue weighted by atomic mass is 32.3. The van der Waals surface area contributed by atoms with Gasteiger partial charge in [-0.1, -0.05) is 12.1 Å². The van der Waals surface area contributed by atoms with Gasteiger partial charge in [0.05, 0.1) is 0 Å². The van der Waals surface area contributed by atoms with Gasteiger partial charge >= 0.3 is 20.8 Å². The largest absolute Gasteiger partial charge is 0.398 e. The Kier molecular flexibility index (Phi) is 5.46. The molecule has 0 saturated carbocycles. The highest BCUT2D eigenvalue weighted by molar-refractivity contribution is 7.81. The fraction of sp³-hybridized carbons (Fsp3) is 0.286. The summed E-state index contributed by atoms with van der Waals surface area (Å²) in [5, 5.41) is 0. The minimum Gasteiger partial charge on any atom is -0.264 e. The van der Waals surface area contributed by atoms with Crippen LogP contribution >= 0.6 is 0 Å². The SMILES string of the molecule is C[C@](OS(=O)(=O)O)(c1cccnc1)[C@](C)(OS(=O)(=O)O)c1cccnc1. The first-order valence-electron chi connectivity index (χ1n) is 7.04. The summed E-state index contributed by atoms with van der Waals surface area (Å²) < 4.78 is 74.2. The third-order valence-corrected chi connectivity index (χ3v) is 4.97. The van der Waals surface area contributed by atoms with E-state index in [0.717, 1.165) is 13.8 Å². The molecule has 2 aromatic rings. The van der Waals surface area contributed by atoms with Gasteiger partial charge < -0.3 is 0 Å². The lowest BCUT2D eigenvalue weighted by atomic mass is 9.77. The molecule has 0 aliphatic heterocycles. The molecule has 0 aliphatic carbocycles. The number of pyridine rings is 2. The average molecular weight is 404 g/mol. The van der Waals surface area contributed by atoms with Crippen LogP contribution in [-0.2, 0) is 40.4 Å². The first-order valence-corrected chi connectivity index (χ1v) is 9.77. The van der Waals surface area contributed by atoms with Gasteiger partial charge in [0.2, 0.25) is 0 Å². The van der Waals surface area contributed by atoms with Crippen molar-refractivity contribution in [3.8, 4) is 0 Å². The first-order chi connectivity index (χ1) is 11.9. The van der Waals surface area contributed by atoms with Gasteiger partial charge in [-0.05, 0) is 26.0 Å². The Bertz CT molecular complexity index is 885. The minimum atomic E-state index is -5.08. The summed E-state index contributed by atoms with van der Waals surface area (Å²) in [5.41, 5.74) is -4.22. The molecule has 2 aromatic heterocycles. The molecular weight excluding hydrogens is 388 g/mol. The van der Waals surface area contributed by atoms with E-state index >= 15 is 0 Å². The second-order valence-corrected chi connectivity index (χ2v) is 7.62. The van der Waals surface area contributed by atoms with E-state index in [2.05, 4.69) is 9.97 Å². The van der Waals surface area contributed by atoms with Gasteiger partial charge in [-0.3, -0.25) is 19.1 Å². The molecule has 12 heteroatoms. The summed E-state index contributed by atoms with van der Waals surface area (Å²) in [4.78, 5) is 7.69. The van der Waals surface area contributed by atoms with Gasteiger partial charge in [0.15, 0.2) is 0 Å². The maximum absolute atomic E-state index is 11.5. The number of rotatable bonds is 7. The van der Waals surface area contributed by atoms with Gasteiger partial charge in [-0.25, -0.2) is 8.37 Å². The van der Waals surface area contributed by atoms with E-state index in [1.54, 1.807) is 0 Å². The molecule has 2 atom stereocenters. The van der Waals surface area contributed by atoms with E-state index in [4.69, 9.17) is 8.37 Å². The number of nitrogens with zero attached hydrogens (tertiary/aromatic N) is 2. The Morgan fingerprint density at radius 3 is 1.38 bits per heavy atom. The van der Waals surface area contributed by atoms with Crippen LogP contribution in [0.25, 0.3) is 0 Å². The van der Waals surface area contributed by atoms with Crippen LogP contribution in [0.15, 0.2) is 49.1 Å². The number of aromatic nitrogens is 2. The second-order valence-electron chi connectivity index (χ2n) is 5.57. The molecule has 10 nitrogen and oxygen atoms in total. The third-order valence-electron chi connectivity index (χ3n) is 3.88. The lowest BCUT2D eigenvalue weighted by molar-refractivity contribution is -0.110. The van der Waals surface area contributed by atoms with Crippen molar-refractivity contribution in [1.82, 2.24) is 9.97 Å². The maximum atomic E-state index is 11.5. The summed E-state index contributed by atoms with van der Waals surface area (Å²) >= 11 is 0. The van der Waals surface area contributed by atoms with Crippen LogP contribution in [0.5, 0.6) is 0 Å². The molecule has 0 amide bonds. The first kappa shape index (κ1) is 20.4. The van der Waals surface area contributed by atoms with E-state index in [9.17, 15) is 25.9 Å². The zero-order valence-electron chi connectivity index (χ0n) is 13.7. The van der Waals surface area contributed by atoms with Crippen molar-refractivity contribution < 1.29 is 34.3 Å². The maximum Gasteiger partial charge on any atom is 0.398 e. The fourth-order valence-electron chi connectivity index (χ4n) is 2.52. The highest BCUT2D eigenvalue weighted by Crippen LogP contribution is 2.47. The number of hydrogen-bond acceptors (Lipinski definition) is 8. The van der Waals surface area contributed by atoms with E-state index in [1.807, 2.05) is 0 Å². The monoisotopic (exact) mass is 404 g/mol. The second kappa shape index (κ2) is 6.98. The Labute approximate surface area is 150 Å². The van der Waals surface area contributed by atoms with Crippen molar-refractivity contribution in [2.75, 3.05) is 0 Å². The number of hydrogen-bond donors (Lipinski definition) is 2. The van der Waals surface area contributed by atoms with E-state index < -0.39 is 32.0 Å². The molecule has 0 saturated heterocycles. The predicted molar refractivity (Wildman–Crippen MR) is 88.4 cm³/mol. The van der Waals surface area contributed by atoms with Gasteiger partial charge in [0, 0.05) is 35.9 Å². The van der Waals surface area contributed by atoms with Crippen molar-refractivity contribution >= 4 is 20.8 Å². The molecule has 26 heavy (non-hydrogen) atoms. The van der Waals surface area contributed by atoms with Crippen LogP contribution in [0, 0.1) is 0 Å². The standard InChI is InChI=1S/C14H16N2O8S2/c1-13(23-25(17,18)19,11-5-3-7-15-9-11)14(2,24-26(20,21)22)12-6-4-8-16-10-12/h3-10H,1-2H3,(H,17,18,19)(H,20,21,22)/t13-,14+. The molecule has 2 heterocycles. The zero-order valence-corrected chi connectivity index (χ0v) is 15.3. The Balaban J connectivity index is 2.82. The fourth-order valence-corrected chi connectivity index (χ4v) is 3.87.